The summed E-state index contributed by atoms with van der Waals surface area (Å²) in [5.41, 5.74) is 5.58. The van der Waals surface area contributed by atoms with Gasteiger partial charge in [-0.15, -0.1) is 0 Å². The van der Waals surface area contributed by atoms with Crippen LogP contribution >= 0.6 is 11.6 Å². The summed E-state index contributed by atoms with van der Waals surface area (Å²) >= 11 is 6.11. The lowest BCUT2D eigenvalue weighted by molar-refractivity contribution is -0.131. The molecule has 37 heavy (non-hydrogen) atoms. The Labute approximate surface area is 221 Å². The maximum absolute atomic E-state index is 13.2. The molecule has 1 fully saturated rings. The number of carbonyl (C=O) groups is 3. The standard InChI is InChI=1S/C26H32ClN7O3/c1-17(34-13-11-33(2)12-14-34)15-29-24(36)22-26(25(28)37,31-16-30-22)18-7-9-19(10-8-18)32-23(35)20-5-3-4-6-21(20)27/h3-10,16-17,22H,11-15H2,1-2H3,(H2,28,37)(H,29,36)(H,30,31)(H,32,35). The predicted octanol–water partition coefficient (Wildman–Crippen LogP) is 1.03. The lowest BCUT2D eigenvalue weighted by Crippen LogP contribution is -2.60. The van der Waals surface area contributed by atoms with Crippen LogP contribution in [0.1, 0.15) is 22.8 Å². The quantitative estimate of drug-likeness (QED) is 0.407. The summed E-state index contributed by atoms with van der Waals surface area (Å²) in [7, 11) is 2.09. The summed E-state index contributed by atoms with van der Waals surface area (Å²) in [6, 6.07) is 12.4. The normalized spacial score (nSPS) is 22.7. The Bertz CT molecular complexity index is 1180. The number of piperazine rings is 1. The first kappa shape index (κ1) is 26.6. The second kappa shape index (κ2) is 11.3. The second-order valence-corrected chi connectivity index (χ2v) is 9.85. The molecule has 2 aromatic rings. The topological polar surface area (TPSA) is 132 Å². The summed E-state index contributed by atoms with van der Waals surface area (Å²) in [4.78, 5) is 47.4. The van der Waals surface area contributed by atoms with Gasteiger partial charge in [-0.05, 0) is 43.8 Å². The molecule has 2 aliphatic heterocycles. The molecule has 3 amide bonds. The van der Waals surface area contributed by atoms with Crippen LogP contribution in [0.5, 0.6) is 0 Å². The minimum absolute atomic E-state index is 0.139. The Morgan fingerprint density at radius 2 is 1.81 bits per heavy atom. The Morgan fingerprint density at radius 3 is 2.46 bits per heavy atom. The number of nitrogens with zero attached hydrogens (tertiary/aromatic N) is 3. The second-order valence-electron chi connectivity index (χ2n) is 9.44. The van der Waals surface area contributed by atoms with Gasteiger partial charge in [0.25, 0.3) is 11.8 Å². The zero-order chi connectivity index (χ0) is 26.6. The molecule has 5 N–H and O–H groups in total. The molecule has 2 aliphatic rings. The van der Waals surface area contributed by atoms with Crippen molar-refractivity contribution in [2.75, 3.05) is 45.1 Å². The van der Waals surface area contributed by atoms with Crippen molar-refractivity contribution in [2.24, 2.45) is 10.7 Å². The lowest BCUT2D eigenvalue weighted by Gasteiger charge is -2.37. The highest BCUT2D eigenvalue weighted by Gasteiger charge is 2.52. The van der Waals surface area contributed by atoms with Crippen LogP contribution in [0, 0.1) is 0 Å². The fourth-order valence-corrected chi connectivity index (χ4v) is 4.88. The molecule has 4 rings (SSSR count). The third-order valence-electron chi connectivity index (χ3n) is 7.01. The van der Waals surface area contributed by atoms with Crippen LogP contribution in [0.15, 0.2) is 53.5 Å². The average Bonchev–Trinajstić information content (AvgIpc) is 3.35. The fraction of sp³-hybridized carbons (Fsp3) is 0.385. The van der Waals surface area contributed by atoms with E-state index in [1.54, 1.807) is 48.5 Å². The van der Waals surface area contributed by atoms with Crippen LogP contribution in [0.2, 0.25) is 5.02 Å². The van der Waals surface area contributed by atoms with E-state index >= 15 is 0 Å². The molecule has 10 nitrogen and oxygen atoms in total. The third-order valence-corrected chi connectivity index (χ3v) is 7.34. The maximum atomic E-state index is 13.2. The first-order valence-corrected chi connectivity index (χ1v) is 12.6. The van der Waals surface area contributed by atoms with Crippen molar-refractivity contribution in [3.05, 3.63) is 64.7 Å². The molecule has 2 aromatic carbocycles. The van der Waals surface area contributed by atoms with Crippen molar-refractivity contribution in [2.45, 2.75) is 24.5 Å². The number of benzene rings is 2. The molecular weight excluding hydrogens is 494 g/mol. The summed E-state index contributed by atoms with van der Waals surface area (Å²) in [6.07, 6.45) is 1.34. The van der Waals surface area contributed by atoms with Crippen LogP contribution in [0.4, 0.5) is 5.69 Å². The zero-order valence-corrected chi connectivity index (χ0v) is 21.7. The predicted molar refractivity (Wildman–Crippen MR) is 144 cm³/mol. The van der Waals surface area contributed by atoms with Crippen LogP contribution in [-0.4, -0.2) is 85.7 Å². The smallest absolute Gasteiger partial charge is 0.257 e. The number of rotatable bonds is 8. The van der Waals surface area contributed by atoms with E-state index in [1.807, 2.05) is 0 Å². The number of hydrogen-bond donors (Lipinski definition) is 4. The van der Waals surface area contributed by atoms with Crippen LogP contribution < -0.4 is 21.7 Å². The van der Waals surface area contributed by atoms with Crippen LogP contribution in [-0.2, 0) is 15.1 Å². The van der Waals surface area contributed by atoms with E-state index in [4.69, 9.17) is 17.3 Å². The van der Waals surface area contributed by atoms with Gasteiger partial charge in [-0.25, -0.2) is 0 Å². The van der Waals surface area contributed by atoms with Gasteiger partial charge >= 0.3 is 0 Å². The molecule has 11 heteroatoms. The number of likely N-dealkylation sites (N-methyl/N-ethyl adjacent to an activating group) is 1. The van der Waals surface area contributed by atoms with Gasteiger partial charge in [0.15, 0.2) is 11.6 Å². The number of carbonyl (C=O) groups excluding carboxylic acids is 3. The number of nitrogens with two attached hydrogens (primary N) is 1. The summed E-state index contributed by atoms with van der Waals surface area (Å²) in [5.74, 6) is -1.49. The number of primary amides is 1. The first-order chi connectivity index (χ1) is 17.7. The van der Waals surface area contributed by atoms with Gasteiger partial charge in [-0.2, -0.15) is 0 Å². The SMILES string of the molecule is CC(CNC(=O)C1N=CNC1(C(N)=O)c1ccc(NC(=O)c2ccccc2Cl)cc1)N1CCN(C)CC1. The Hall–Kier alpha value is -3.47. The van der Waals surface area contributed by atoms with E-state index in [0.29, 0.717) is 28.4 Å². The Balaban J connectivity index is 1.45. The van der Waals surface area contributed by atoms with Gasteiger partial charge in [0, 0.05) is 44.5 Å². The van der Waals surface area contributed by atoms with E-state index in [0.717, 1.165) is 26.2 Å². The lowest BCUT2D eigenvalue weighted by atomic mass is 9.82. The summed E-state index contributed by atoms with van der Waals surface area (Å²) in [5, 5.41) is 8.99. The molecule has 0 radical (unpaired) electrons. The van der Waals surface area contributed by atoms with Crippen molar-refractivity contribution in [1.82, 2.24) is 20.4 Å². The van der Waals surface area contributed by atoms with E-state index in [9.17, 15) is 14.4 Å². The minimum Gasteiger partial charge on any atom is -0.367 e. The highest BCUT2D eigenvalue weighted by atomic mass is 35.5. The average molecular weight is 526 g/mol. The highest BCUT2D eigenvalue weighted by Crippen LogP contribution is 2.31. The van der Waals surface area contributed by atoms with Gasteiger partial charge < -0.3 is 26.6 Å². The van der Waals surface area contributed by atoms with Crippen molar-refractivity contribution in [1.29, 1.82) is 0 Å². The fourth-order valence-electron chi connectivity index (χ4n) is 4.66. The van der Waals surface area contributed by atoms with E-state index in [-0.39, 0.29) is 11.9 Å². The number of amides is 3. The van der Waals surface area contributed by atoms with Crippen molar-refractivity contribution in [3.8, 4) is 0 Å². The maximum Gasteiger partial charge on any atom is 0.257 e. The van der Waals surface area contributed by atoms with Crippen LogP contribution in [0.3, 0.4) is 0 Å². The monoisotopic (exact) mass is 525 g/mol. The van der Waals surface area contributed by atoms with Crippen molar-refractivity contribution in [3.63, 3.8) is 0 Å². The molecule has 0 bridgehead atoms. The Kier molecular flexibility index (Phi) is 8.11. The number of halogens is 1. The number of hydrogen-bond acceptors (Lipinski definition) is 7. The molecule has 196 valence electrons. The van der Waals surface area contributed by atoms with Crippen molar-refractivity contribution >= 4 is 41.3 Å². The zero-order valence-electron chi connectivity index (χ0n) is 20.9. The third kappa shape index (κ3) is 5.61. The molecule has 3 unspecified atom stereocenters. The van der Waals surface area contributed by atoms with Crippen molar-refractivity contribution < 1.29 is 14.4 Å². The summed E-state index contributed by atoms with van der Waals surface area (Å²) < 4.78 is 0. The molecular formula is C26H32ClN7O3. The number of anilines is 1. The number of aliphatic imine (C=N–C) groups is 1. The molecule has 0 saturated carbocycles. The molecule has 1 saturated heterocycles. The van der Waals surface area contributed by atoms with Gasteiger partial charge in [-0.1, -0.05) is 35.9 Å². The molecule has 0 spiro atoms. The van der Waals surface area contributed by atoms with E-state index < -0.39 is 23.4 Å². The summed E-state index contributed by atoms with van der Waals surface area (Å²) in [6.45, 7) is 6.32. The largest absolute Gasteiger partial charge is 0.367 e. The molecule has 3 atom stereocenters. The van der Waals surface area contributed by atoms with Gasteiger partial charge in [0.2, 0.25) is 5.91 Å². The van der Waals surface area contributed by atoms with Gasteiger partial charge in [-0.3, -0.25) is 24.3 Å². The van der Waals surface area contributed by atoms with E-state index in [1.165, 1.54) is 6.34 Å². The molecule has 0 aliphatic carbocycles. The minimum atomic E-state index is -1.55. The van der Waals surface area contributed by atoms with Crippen LogP contribution in [0.25, 0.3) is 0 Å². The van der Waals surface area contributed by atoms with Gasteiger partial charge in [0.05, 0.1) is 16.9 Å². The molecule has 2 heterocycles. The molecule has 0 aromatic heterocycles. The first-order valence-electron chi connectivity index (χ1n) is 12.2. The van der Waals surface area contributed by atoms with E-state index in [2.05, 4.69) is 44.7 Å². The number of nitrogens with one attached hydrogen (secondary N) is 3. The van der Waals surface area contributed by atoms with Gasteiger partial charge in [0.1, 0.15) is 0 Å². The highest BCUT2D eigenvalue weighted by molar-refractivity contribution is 6.34. The Morgan fingerprint density at radius 1 is 1.14 bits per heavy atom.